The molecule has 0 radical (unpaired) electrons. The lowest BCUT2D eigenvalue weighted by atomic mass is 10.0. The van der Waals surface area contributed by atoms with Crippen LogP contribution >= 0.6 is 0 Å². The normalized spacial score (nSPS) is 11.4. The highest BCUT2D eigenvalue weighted by Gasteiger charge is 2.23. The second-order valence-electron chi connectivity index (χ2n) is 12.9. The van der Waals surface area contributed by atoms with Crippen molar-refractivity contribution in [2.24, 2.45) is 0 Å². The Morgan fingerprint density at radius 1 is 0.462 bits per heavy atom. The fourth-order valence-corrected chi connectivity index (χ4v) is 7.68. The molecule has 0 aliphatic heterocycles. The van der Waals surface area contributed by atoms with Crippen molar-refractivity contribution < 1.29 is 0 Å². The SMILES string of the molecule is N#Cc1ccc(-n2c3ccccc3c3ccc4c(c5ccccc5n4-c4ccccc4)c32)c(-c2cc(-c3ccccc3)nc(-c3ccccc3)n2)c1. The third kappa shape index (κ3) is 4.63. The van der Waals surface area contributed by atoms with E-state index < -0.39 is 0 Å². The fourth-order valence-electron chi connectivity index (χ4n) is 7.68. The number of aromatic nitrogens is 4. The van der Waals surface area contributed by atoms with E-state index >= 15 is 0 Å². The first kappa shape index (κ1) is 29.6. The maximum Gasteiger partial charge on any atom is 0.160 e. The topological polar surface area (TPSA) is 59.4 Å². The van der Waals surface area contributed by atoms with Crippen LogP contribution in [0.2, 0.25) is 0 Å². The van der Waals surface area contributed by atoms with Gasteiger partial charge in [0.2, 0.25) is 0 Å². The number of benzene rings is 7. The van der Waals surface area contributed by atoms with Gasteiger partial charge in [0.05, 0.1) is 50.8 Å². The van der Waals surface area contributed by atoms with Gasteiger partial charge in [0.1, 0.15) is 0 Å². The Morgan fingerprint density at radius 2 is 1.08 bits per heavy atom. The van der Waals surface area contributed by atoms with Crippen LogP contribution in [0.3, 0.4) is 0 Å². The Balaban J connectivity index is 1.34. The minimum absolute atomic E-state index is 0.562. The van der Waals surface area contributed by atoms with Crippen molar-refractivity contribution in [1.82, 2.24) is 19.1 Å². The molecule has 242 valence electrons. The van der Waals surface area contributed by atoms with E-state index in [9.17, 15) is 5.26 Å². The number of hydrogen-bond acceptors (Lipinski definition) is 3. The molecule has 0 spiro atoms. The van der Waals surface area contributed by atoms with Gasteiger partial charge in [-0.05, 0) is 54.6 Å². The second-order valence-corrected chi connectivity index (χ2v) is 12.9. The third-order valence-corrected chi connectivity index (χ3v) is 9.95. The predicted octanol–water partition coefficient (Wildman–Crippen LogP) is 11.5. The van der Waals surface area contributed by atoms with Crippen molar-refractivity contribution >= 4 is 43.6 Å². The highest BCUT2D eigenvalue weighted by molar-refractivity contribution is 6.26. The van der Waals surface area contributed by atoms with Gasteiger partial charge in [-0.2, -0.15) is 5.26 Å². The summed E-state index contributed by atoms with van der Waals surface area (Å²) in [6.45, 7) is 0. The van der Waals surface area contributed by atoms with E-state index in [1.54, 1.807) is 0 Å². The second kappa shape index (κ2) is 11.9. The van der Waals surface area contributed by atoms with E-state index in [-0.39, 0.29) is 0 Å². The van der Waals surface area contributed by atoms with Gasteiger partial charge in [-0.1, -0.05) is 121 Å². The van der Waals surface area contributed by atoms with Gasteiger partial charge in [0.15, 0.2) is 5.82 Å². The quantitative estimate of drug-likeness (QED) is 0.184. The molecule has 0 saturated carbocycles. The predicted molar refractivity (Wildman–Crippen MR) is 212 cm³/mol. The molecule has 0 aliphatic rings. The molecule has 0 amide bonds. The van der Waals surface area contributed by atoms with Gasteiger partial charge in [-0.25, -0.2) is 9.97 Å². The average Bonchev–Trinajstić information content (AvgIpc) is 3.74. The zero-order valence-electron chi connectivity index (χ0n) is 28.0. The van der Waals surface area contributed by atoms with E-state index in [4.69, 9.17) is 9.97 Å². The zero-order valence-corrected chi connectivity index (χ0v) is 28.0. The van der Waals surface area contributed by atoms with Crippen LogP contribution in [0.15, 0.2) is 176 Å². The molecular formula is C47H29N5. The number of nitrogens with zero attached hydrogens (tertiary/aromatic N) is 5. The smallest absolute Gasteiger partial charge is 0.160 e. The van der Waals surface area contributed by atoms with Gasteiger partial charge in [-0.15, -0.1) is 0 Å². The van der Waals surface area contributed by atoms with Crippen molar-refractivity contribution in [3.63, 3.8) is 0 Å². The first-order valence-corrected chi connectivity index (χ1v) is 17.3. The molecule has 0 saturated heterocycles. The number of para-hydroxylation sites is 3. The van der Waals surface area contributed by atoms with Crippen molar-refractivity contribution in [3.8, 4) is 51.3 Å². The molecule has 5 nitrogen and oxygen atoms in total. The maximum absolute atomic E-state index is 10.2. The van der Waals surface area contributed by atoms with Crippen LogP contribution in [0.5, 0.6) is 0 Å². The minimum atomic E-state index is 0.562. The van der Waals surface area contributed by atoms with Crippen LogP contribution in [-0.2, 0) is 0 Å². The third-order valence-electron chi connectivity index (χ3n) is 9.95. The van der Waals surface area contributed by atoms with E-state index in [1.807, 2.05) is 66.7 Å². The molecule has 52 heavy (non-hydrogen) atoms. The van der Waals surface area contributed by atoms with Gasteiger partial charge in [0.25, 0.3) is 0 Å². The lowest BCUT2D eigenvalue weighted by Gasteiger charge is -2.16. The Labute approximate surface area is 299 Å². The molecule has 0 aliphatic carbocycles. The molecule has 10 aromatic rings. The molecule has 3 aromatic heterocycles. The first-order valence-electron chi connectivity index (χ1n) is 17.3. The van der Waals surface area contributed by atoms with E-state index in [1.165, 1.54) is 10.8 Å². The van der Waals surface area contributed by atoms with E-state index in [2.05, 4.69) is 124 Å². The molecule has 3 heterocycles. The molecule has 0 unspecified atom stereocenters. The lowest BCUT2D eigenvalue weighted by molar-refractivity contribution is 1.15. The van der Waals surface area contributed by atoms with Crippen LogP contribution < -0.4 is 0 Å². The Kier molecular flexibility index (Phi) is 6.80. The summed E-state index contributed by atoms with van der Waals surface area (Å²) in [7, 11) is 0. The summed E-state index contributed by atoms with van der Waals surface area (Å²) in [6, 6.07) is 62.9. The summed E-state index contributed by atoms with van der Waals surface area (Å²) in [5, 5.41) is 14.9. The minimum Gasteiger partial charge on any atom is -0.309 e. The fraction of sp³-hybridized carbons (Fsp3) is 0. The number of nitriles is 1. The Hall–Kier alpha value is -7.29. The van der Waals surface area contributed by atoms with Crippen LogP contribution in [0.25, 0.3) is 88.9 Å². The monoisotopic (exact) mass is 663 g/mol. The van der Waals surface area contributed by atoms with Crippen LogP contribution in [0, 0.1) is 11.3 Å². The van der Waals surface area contributed by atoms with E-state index in [0.29, 0.717) is 11.4 Å². The van der Waals surface area contributed by atoms with Gasteiger partial charge in [-0.3, -0.25) is 0 Å². The molecule has 5 heteroatoms. The number of rotatable bonds is 5. The molecular weight excluding hydrogens is 635 g/mol. The first-order chi connectivity index (χ1) is 25.8. The zero-order chi connectivity index (χ0) is 34.6. The molecule has 7 aromatic carbocycles. The van der Waals surface area contributed by atoms with Gasteiger partial charge in [0, 0.05) is 43.9 Å². The Morgan fingerprint density at radius 3 is 1.81 bits per heavy atom. The largest absolute Gasteiger partial charge is 0.309 e. The molecule has 0 N–H and O–H groups in total. The average molecular weight is 664 g/mol. The highest BCUT2D eigenvalue weighted by atomic mass is 15.0. The van der Waals surface area contributed by atoms with E-state index in [0.717, 1.165) is 72.3 Å². The standard InChI is InChI=1S/C47H29N5/c48-30-31-24-26-43(38(28-31)40-29-39(32-14-4-1-5-15-32)49-47(50-40)33-16-6-2-7-17-33)52-41-22-12-10-20-35(41)36-25-27-44-45(46(36)52)37-21-11-13-23-42(37)51(44)34-18-8-3-9-19-34/h1-29H. The summed E-state index contributed by atoms with van der Waals surface area (Å²) in [5.74, 6) is 0.626. The number of fused-ring (bicyclic) bond motifs is 7. The van der Waals surface area contributed by atoms with Gasteiger partial charge < -0.3 is 9.13 Å². The summed E-state index contributed by atoms with van der Waals surface area (Å²) < 4.78 is 4.73. The van der Waals surface area contributed by atoms with Crippen molar-refractivity contribution in [1.29, 1.82) is 5.26 Å². The Bertz CT molecular complexity index is 2950. The number of hydrogen-bond donors (Lipinski definition) is 0. The summed E-state index contributed by atoms with van der Waals surface area (Å²) in [4.78, 5) is 10.3. The maximum atomic E-state index is 10.2. The highest BCUT2D eigenvalue weighted by Crippen LogP contribution is 2.43. The van der Waals surface area contributed by atoms with Crippen LogP contribution in [-0.4, -0.2) is 19.1 Å². The van der Waals surface area contributed by atoms with Crippen molar-refractivity contribution in [2.45, 2.75) is 0 Å². The molecule has 10 rings (SSSR count). The molecule has 0 fully saturated rings. The summed E-state index contributed by atoms with van der Waals surface area (Å²) in [5.41, 5.74) is 11.4. The lowest BCUT2D eigenvalue weighted by Crippen LogP contribution is -2.02. The summed E-state index contributed by atoms with van der Waals surface area (Å²) >= 11 is 0. The molecule has 0 atom stereocenters. The van der Waals surface area contributed by atoms with Crippen LogP contribution in [0.1, 0.15) is 5.56 Å². The van der Waals surface area contributed by atoms with Gasteiger partial charge >= 0.3 is 0 Å². The summed E-state index contributed by atoms with van der Waals surface area (Å²) in [6.07, 6.45) is 0. The molecule has 0 bridgehead atoms. The van der Waals surface area contributed by atoms with Crippen LogP contribution in [0.4, 0.5) is 0 Å². The van der Waals surface area contributed by atoms with Crippen molar-refractivity contribution in [2.75, 3.05) is 0 Å². The van der Waals surface area contributed by atoms with Crippen molar-refractivity contribution in [3.05, 3.63) is 181 Å².